The van der Waals surface area contributed by atoms with E-state index in [1.807, 2.05) is 23.5 Å². The molecule has 1 aliphatic carbocycles. The summed E-state index contributed by atoms with van der Waals surface area (Å²) in [6, 6.07) is 6.01. The van der Waals surface area contributed by atoms with E-state index in [1.165, 1.54) is 12.8 Å². The van der Waals surface area contributed by atoms with Gasteiger partial charge in [-0.1, -0.05) is 23.2 Å². The van der Waals surface area contributed by atoms with E-state index in [0.717, 1.165) is 35.6 Å². The van der Waals surface area contributed by atoms with Crippen molar-refractivity contribution in [3.8, 4) is 11.5 Å². The highest BCUT2D eigenvalue weighted by Crippen LogP contribution is 2.32. The molecule has 0 aliphatic heterocycles. The van der Waals surface area contributed by atoms with Crippen molar-refractivity contribution < 1.29 is 39.6 Å². The first-order valence-electron chi connectivity index (χ1n) is 8.13. The van der Waals surface area contributed by atoms with E-state index in [4.69, 9.17) is 32.7 Å². The molecule has 0 unspecified atom stereocenters. The summed E-state index contributed by atoms with van der Waals surface area (Å²) in [6.07, 6.45) is 8.19. The second kappa shape index (κ2) is 11.1. The summed E-state index contributed by atoms with van der Waals surface area (Å²) >= 11 is 12.3. The van der Waals surface area contributed by atoms with Crippen molar-refractivity contribution in [1.29, 1.82) is 0 Å². The van der Waals surface area contributed by atoms with E-state index in [9.17, 15) is 0 Å². The number of aromatic nitrogens is 1. The van der Waals surface area contributed by atoms with Gasteiger partial charge >= 0.3 is 0 Å². The number of halogens is 4. The first-order chi connectivity index (χ1) is 11.7. The quantitative estimate of drug-likeness (QED) is 0.574. The summed E-state index contributed by atoms with van der Waals surface area (Å²) in [5.74, 6) is 1.58. The Morgan fingerprint density at radius 2 is 1.73 bits per heavy atom. The number of rotatable bonds is 6. The smallest absolute Gasteiger partial charge is 0.170 e. The zero-order valence-corrected chi connectivity index (χ0v) is 17.4. The van der Waals surface area contributed by atoms with Gasteiger partial charge in [-0.05, 0) is 43.9 Å². The molecule has 3 rings (SSSR count). The topological polar surface area (TPSA) is 48.0 Å². The molecule has 1 saturated carbocycles. The van der Waals surface area contributed by atoms with Crippen molar-refractivity contribution in [2.24, 2.45) is 0 Å². The standard InChI is InChI=1S/C18H20Cl2N2O2.2ClH/c1-23-16-7-6-12(8-17(16)24-13-4-2-3-5-13)9-22-18-14(19)10-21-11-15(18)20;;/h6-8,10-11,13H,2-5,9H2,1H3,(H,21,22);2*1H/p-1. The van der Waals surface area contributed by atoms with E-state index >= 15 is 0 Å². The second-order valence-electron chi connectivity index (χ2n) is 5.93. The molecule has 1 fully saturated rings. The van der Waals surface area contributed by atoms with Crippen molar-refractivity contribution in [2.45, 2.75) is 38.3 Å². The molecule has 1 aromatic carbocycles. The molecule has 1 aromatic heterocycles. The minimum absolute atomic E-state index is 0. The lowest BCUT2D eigenvalue weighted by atomic mass is 10.2. The largest absolute Gasteiger partial charge is 1.00 e. The number of methoxy groups -OCH3 is 1. The Morgan fingerprint density at radius 3 is 2.35 bits per heavy atom. The molecule has 4 nitrogen and oxygen atoms in total. The normalized spacial score (nSPS) is 13.7. The number of hydrogen-bond donors (Lipinski definition) is 1. The van der Waals surface area contributed by atoms with Crippen LogP contribution in [0.15, 0.2) is 30.6 Å². The third-order valence-electron chi connectivity index (χ3n) is 4.26. The van der Waals surface area contributed by atoms with Crippen molar-refractivity contribution in [2.75, 3.05) is 7.11 Å². The van der Waals surface area contributed by atoms with Crippen LogP contribution in [-0.2, 0) is 6.54 Å². The second-order valence-corrected chi connectivity index (χ2v) is 6.75. The number of nitrogens with two attached hydrogens (primary N) is 1. The molecule has 0 spiro atoms. The molecule has 0 amide bonds. The summed E-state index contributed by atoms with van der Waals surface area (Å²) in [6.45, 7) is 0.703. The van der Waals surface area contributed by atoms with Gasteiger partial charge in [0.05, 0.1) is 25.6 Å². The Morgan fingerprint density at radius 1 is 1.08 bits per heavy atom. The van der Waals surface area contributed by atoms with Gasteiger partial charge in [-0.2, -0.15) is 0 Å². The van der Waals surface area contributed by atoms with E-state index in [-0.39, 0.29) is 24.8 Å². The van der Waals surface area contributed by atoms with Crippen LogP contribution in [0.4, 0.5) is 5.69 Å². The average Bonchev–Trinajstić information content (AvgIpc) is 3.08. The molecule has 2 aromatic rings. The molecule has 0 radical (unpaired) electrons. The predicted molar refractivity (Wildman–Crippen MR) is 95.4 cm³/mol. The van der Waals surface area contributed by atoms with Crippen LogP contribution < -0.4 is 39.6 Å². The Hall–Kier alpha value is -0.910. The number of hydrogen-bond acceptors (Lipinski definition) is 3. The van der Waals surface area contributed by atoms with E-state index in [0.29, 0.717) is 22.7 Å². The SMILES string of the molecule is COc1ccc(C[NH2+]c2c(Cl)cncc2Cl)cc1OC1CCCC1.[Cl-].[Cl-]. The summed E-state index contributed by atoms with van der Waals surface area (Å²) in [5.41, 5.74) is 1.93. The summed E-state index contributed by atoms with van der Waals surface area (Å²) in [5, 5.41) is 3.12. The molecule has 8 heteroatoms. The minimum Gasteiger partial charge on any atom is -1.00 e. The van der Waals surface area contributed by atoms with Gasteiger partial charge in [0, 0.05) is 5.56 Å². The molecular weight excluding hydrogens is 418 g/mol. The van der Waals surface area contributed by atoms with Crippen LogP contribution >= 0.6 is 23.2 Å². The number of quaternary nitrogens is 1. The Labute approximate surface area is 176 Å². The van der Waals surface area contributed by atoms with Crippen LogP contribution in [0.2, 0.25) is 10.0 Å². The van der Waals surface area contributed by atoms with Gasteiger partial charge in [0.2, 0.25) is 0 Å². The Kier molecular flexibility index (Phi) is 9.83. The number of pyridine rings is 1. The summed E-state index contributed by atoms with van der Waals surface area (Å²) in [4.78, 5) is 3.97. The zero-order chi connectivity index (χ0) is 16.9. The minimum atomic E-state index is 0. The van der Waals surface area contributed by atoms with Crippen LogP contribution in [-0.4, -0.2) is 18.2 Å². The summed E-state index contributed by atoms with van der Waals surface area (Å²) in [7, 11) is 1.67. The molecule has 0 bridgehead atoms. The first-order valence-corrected chi connectivity index (χ1v) is 8.88. The van der Waals surface area contributed by atoms with Crippen molar-refractivity contribution in [3.05, 3.63) is 46.2 Å². The lowest BCUT2D eigenvalue weighted by Gasteiger charge is -2.16. The van der Waals surface area contributed by atoms with Gasteiger partial charge in [-0.25, -0.2) is 0 Å². The van der Waals surface area contributed by atoms with E-state index in [1.54, 1.807) is 19.5 Å². The third kappa shape index (κ3) is 5.80. The van der Waals surface area contributed by atoms with Crippen LogP contribution in [0.25, 0.3) is 0 Å². The molecule has 144 valence electrons. The molecule has 0 saturated heterocycles. The van der Waals surface area contributed by atoms with Gasteiger partial charge in [0.1, 0.15) is 16.6 Å². The molecular formula is C18H21Cl4N2O2-. The van der Waals surface area contributed by atoms with Crippen molar-refractivity contribution in [3.63, 3.8) is 0 Å². The van der Waals surface area contributed by atoms with Gasteiger partial charge in [-0.3, -0.25) is 4.98 Å². The van der Waals surface area contributed by atoms with Gasteiger partial charge in [0.25, 0.3) is 0 Å². The van der Waals surface area contributed by atoms with Crippen LogP contribution in [0.3, 0.4) is 0 Å². The monoisotopic (exact) mass is 437 g/mol. The van der Waals surface area contributed by atoms with Crippen LogP contribution in [0.1, 0.15) is 31.2 Å². The lowest BCUT2D eigenvalue weighted by molar-refractivity contribution is -0.588. The number of nitrogens with zero attached hydrogens (tertiary/aromatic N) is 1. The molecule has 26 heavy (non-hydrogen) atoms. The Balaban J connectivity index is 0.00000169. The van der Waals surface area contributed by atoms with Crippen LogP contribution in [0.5, 0.6) is 11.5 Å². The average molecular weight is 439 g/mol. The van der Waals surface area contributed by atoms with Gasteiger partial charge in [0.15, 0.2) is 17.2 Å². The maximum absolute atomic E-state index is 6.17. The van der Waals surface area contributed by atoms with E-state index in [2.05, 4.69) is 4.98 Å². The van der Waals surface area contributed by atoms with Gasteiger partial charge < -0.3 is 39.6 Å². The predicted octanol–water partition coefficient (Wildman–Crippen LogP) is -1.88. The lowest BCUT2D eigenvalue weighted by Crippen LogP contribution is -3.00. The number of benzene rings is 1. The fourth-order valence-electron chi connectivity index (χ4n) is 2.96. The van der Waals surface area contributed by atoms with E-state index < -0.39 is 0 Å². The highest BCUT2D eigenvalue weighted by molar-refractivity contribution is 6.37. The molecule has 1 heterocycles. The maximum atomic E-state index is 6.17. The maximum Gasteiger partial charge on any atom is 0.170 e. The van der Waals surface area contributed by atoms with Crippen molar-refractivity contribution >= 4 is 28.9 Å². The highest BCUT2D eigenvalue weighted by atomic mass is 35.5. The van der Waals surface area contributed by atoms with Crippen molar-refractivity contribution in [1.82, 2.24) is 4.98 Å². The van der Waals surface area contributed by atoms with Gasteiger partial charge in [-0.15, -0.1) is 0 Å². The molecule has 2 N–H and O–H groups in total. The fourth-order valence-corrected chi connectivity index (χ4v) is 3.48. The van der Waals surface area contributed by atoms with Crippen LogP contribution in [0, 0.1) is 0 Å². The fraction of sp³-hybridized carbons (Fsp3) is 0.389. The molecule has 1 aliphatic rings. The highest BCUT2D eigenvalue weighted by Gasteiger charge is 2.19. The third-order valence-corrected chi connectivity index (χ3v) is 4.86. The number of ether oxygens (including phenoxy) is 2. The molecule has 0 atom stereocenters. The first kappa shape index (κ1) is 23.1. The summed E-state index contributed by atoms with van der Waals surface area (Å²) < 4.78 is 11.6. The zero-order valence-electron chi connectivity index (χ0n) is 14.4. The Bertz CT molecular complexity index is 689.